The zero-order valence-corrected chi connectivity index (χ0v) is 19.8. The Morgan fingerprint density at radius 3 is 1.00 bits per heavy atom. The Labute approximate surface area is 185 Å². The van der Waals surface area contributed by atoms with Gasteiger partial charge in [0.05, 0.1) is 0 Å². The highest BCUT2D eigenvalue weighted by atomic mass is 31.2. The van der Waals surface area contributed by atoms with Crippen LogP contribution in [-0.2, 0) is 9.13 Å². The first-order chi connectivity index (χ1) is 15.0. The molecule has 0 spiro atoms. The fourth-order valence-corrected chi connectivity index (χ4v) is 7.54. The van der Waals surface area contributed by atoms with Crippen molar-refractivity contribution in [1.29, 1.82) is 0 Å². The monoisotopic (exact) mass is 446 g/mol. The van der Waals surface area contributed by atoms with Crippen molar-refractivity contribution in [3.05, 3.63) is 121 Å². The molecule has 4 heteroatoms. The van der Waals surface area contributed by atoms with Gasteiger partial charge in [0.25, 0.3) is 0 Å². The molecule has 0 amide bonds. The predicted molar refractivity (Wildman–Crippen MR) is 136 cm³/mol. The maximum absolute atomic E-state index is 13.0. The molecule has 0 saturated carbocycles. The van der Waals surface area contributed by atoms with Crippen LogP contribution in [-0.4, -0.2) is 12.8 Å². The maximum atomic E-state index is 13.0. The molecule has 4 rings (SSSR count). The first-order valence-corrected chi connectivity index (χ1v) is 14.4. The van der Waals surface area contributed by atoms with Crippen LogP contribution in [0.5, 0.6) is 0 Å². The Morgan fingerprint density at radius 2 is 0.742 bits per heavy atom. The largest absolute Gasteiger partial charge is 0.314 e. The molecular formula is C27H28O2P2. The van der Waals surface area contributed by atoms with Gasteiger partial charge in [0.15, 0.2) is 0 Å². The summed E-state index contributed by atoms with van der Waals surface area (Å²) in [7, 11) is -4.80. The highest BCUT2D eigenvalue weighted by Gasteiger charge is 2.24. The maximum Gasteiger partial charge on any atom is 0.142 e. The van der Waals surface area contributed by atoms with Crippen LogP contribution >= 0.6 is 14.3 Å². The van der Waals surface area contributed by atoms with Gasteiger partial charge in [-0.1, -0.05) is 128 Å². The average Bonchev–Trinajstić information content (AvgIpc) is 2.86. The summed E-state index contributed by atoms with van der Waals surface area (Å²) in [5.74, 6) is 0. The second-order valence-electron chi connectivity index (χ2n) is 7.32. The Kier molecular flexibility index (Phi) is 7.85. The van der Waals surface area contributed by atoms with E-state index in [1.54, 1.807) is 0 Å². The van der Waals surface area contributed by atoms with Gasteiger partial charge >= 0.3 is 0 Å². The zero-order chi connectivity index (χ0) is 22.2. The third kappa shape index (κ3) is 5.53. The van der Waals surface area contributed by atoms with Crippen LogP contribution in [0.3, 0.4) is 0 Å². The lowest BCUT2D eigenvalue weighted by atomic mass is 10.4. The molecule has 0 aliphatic rings. The van der Waals surface area contributed by atoms with Crippen molar-refractivity contribution in [2.45, 2.75) is 6.92 Å². The predicted octanol–water partition coefficient (Wildman–Crippen LogP) is 5.65. The summed E-state index contributed by atoms with van der Waals surface area (Å²) in [6.07, 6.45) is 0.668. The lowest BCUT2D eigenvalue weighted by Crippen LogP contribution is -2.17. The molecular weight excluding hydrogens is 418 g/mol. The highest BCUT2D eigenvalue weighted by molar-refractivity contribution is 7.78. The molecule has 0 atom stereocenters. The fourth-order valence-electron chi connectivity index (χ4n) is 3.43. The van der Waals surface area contributed by atoms with Gasteiger partial charge in [-0.2, -0.15) is 0 Å². The van der Waals surface area contributed by atoms with Crippen LogP contribution in [0.25, 0.3) is 0 Å². The molecule has 2 nitrogen and oxygen atoms in total. The van der Waals surface area contributed by atoms with Crippen molar-refractivity contribution >= 4 is 35.5 Å². The molecule has 0 unspecified atom stereocenters. The van der Waals surface area contributed by atoms with Crippen LogP contribution in [0.2, 0.25) is 0 Å². The molecule has 0 N–H and O–H groups in total. The van der Waals surface area contributed by atoms with Gasteiger partial charge in [0.2, 0.25) is 0 Å². The van der Waals surface area contributed by atoms with E-state index in [1.807, 2.05) is 135 Å². The molecule has 0 aromatic heterocycles. The summed E-state index contributed by atoms with van der Waals surface area (Å²) in [5.41, 5.74) is 0. The minimum absolute atomic E-state index is 0.668. The molecule has 0 aliphatic heterocycles. The first kappa shape index (κ1) is 23.0. The number of hydrogen-bond acceptors (Lipinski definition) is 2. The van der Waals surface area contributed by atoms with Gasteiger partial charge in [-0.25, -0.2) is 0 Å². The van der Waals surface area contributed by atoms with Crippen LogP contribution in [0, 0.1) is 0 Å². The summed E-state index contributed by atoms with van der Waals surface area (Å²) in [6.45, 7) is 3.80. The van der Waals surface area contributed by atoms with Crippen LogP contribution in [0.4, 0.5) is 0 Å². The van der Waals surface area contributed by atoms with Crippen LogP contribution in [0.15, 0.2) is 121 Å². The zero-order valence-electron chi connectivity index (χ0n) is 18.0. The van der Waals surface area contributed by atoms with E-state index in [0.29, 0.717) is 6.16 Å². The highest BCUT2D eigenvalue weighted by Crippen LogP contribution is 2.42. The first-order valence-electron chi connectivity index (χ1n) is 10.4. The van der Waals surface area contributed by atoms with Crippen molar-refractivity contribution in [1.82, 2.24) is 0 Å². The molecule has 4 aromatic carbocycles. The Hall–Kier alpha value is -2.66. The van der Waals surface area contributed by atoms with Gasteiger partial charge in [-0.05, 0) is 6.66 Å². The van der Waals surface area contributed by atoms with Gasteiger partial charge in [0, 0.05) is 27.4 Å². The third-order valence-electron chi connectivity index (χ3n) is 5.29. The van der Waals surface area contributed by atoms with E-state index in [0.717, 1.165) is 21.2 Å². The van der Waals surface area contributed by atoms with E-state index in [4.69, 9.17) is 0 Å². The van der Waals surface area contributed by atoms with Gasteiger partial charge in [0.1, 0.15) is 14.3 Å². The van der Waals surface area contributed by atoms with Gasteiger partial charge < -0.3 is 9.13 Å². The van der Waals surface area contributed by atoms with E-state index in [2.05, 4.69) is 0 Å². The van der Waals surface area contributed by atoms with Crippen molar-refractivity contribution in [2.24, 2.45) is 0 Å². The molecule has 4 aromatic rings. The summed E-state index contributed by atoms with van der Waals surface area (Å²) in [4.78, 5) is 0. The summed E-state index contributed by atoms with van der Waals surface area (Å²) >= 11 is 0. The SMILES string of the molecule is CCP(=O)(c1ccccc1)c1ccccc1.CP(=O)(c1ccccc1)c1ccccc1. The smallest absolute Gasteiger partial charge is 0.142 e. The molecule has 0 fully saturated rings. The molecule has 158 valence electrons. The second-order valence-corrected chi connectivity index (χ2v) is 13.3. The summed E-state index contributed by atoms with van der Waals surface area (Å²) in [6, 6.07) is 38.8. The fraction of sp³-hybridized carbons (Fsp3) is 0.111. The van der Waals surface area contributed by atoms with E-state index < -0.39 is 14.3 Å². The Balaban J connectivity index is 0.000000176. The van der Waals surface area contributed by atoms with Crippen LogP contribution < -0.4 is 21.2 Å². The van der Waals surface area contributed by atoms with E-state index in [1.165, 1.54) is 0 Å². The number of hydrogen-bond donors (Lipinski definition) is 0. The van der Waals surface area contributed by atoms with Crippen LogP contribution in [0.1, 0.15) is 6.92 Å². The molecule has 0 bridgehead atoms. The number of benzene rings is 4. The molecule has 31 heavy (non-hydrogen) atoms. The van der Waals surface area contributed by atoms with Crippen molar-refractivity contribution in [3.63, 3.8) is 0 Å². The normalized spacial score (nSPS) is 11.3. The molecule has 0 saturated heterocycles. The van der Waals surface area contributed by atoms with E-state index in [9.17, 15) is 9.13 Å². The average molecular weight is 446 g/mol. The van der Waals surface area contributed by atoms with Crippen molar-refractivity contribution < 1.29 is 9.13 Å². The minimum Gasteiger partial charge on any atom is -0.314 e. The lowest BCUT2D eigenvalue weighted by Gasteiger charge is -2.16. The summed E-state index contributed by atoms with van der Waals surface area (Å²) < 4.78 is 25.6. The summed E-state index contributed by atoms with van der Waals surface area (Å²) in [5, 5.41) is 3.72. The van der Waals surface area contributed by atoms with Crippen molar-refractivity contribution in [2.75, 3.05) is 12.8 Å². The van der Waals surface area contributed by atoms with E-state index >= 15 is 0 Å². The van der Waals surface area contributed by atoms with Gasteiger partial charge in [-0.3, -0.25) is 0 Å². The van der Waals surface area contributed by atoms with E-state index in [-0.39, 0.29) is 0 Å². The molecule has 0 aliphatic carbocycles. The Bertz CT molecular complexity index is 1070. The quantitative estimate of drug-likeness (QED) is 0.371. The molecule has 0 heterocycles. The third-order valence-corrected chi connectivity index (χ3v) is 11.0. The van der Waals surface area contributed by atoms with Gasteiger partial charge in [-0.15, -0.1) is 0 Å². The number of rotatable bonds is 5. The lowest BCUT2D eigenvalue weighted by molar-refractivity contribution is 0.587. The second kappa shape index (κ2) is 10.6. The topological polar surface area (TPSA) is 34.1 Å². The Morgan fingerprint density at radius 1 is 0.484 bits per heavy atom. The minimum atomic E-state index is -2.40. The standard InChI is InChI=1S/C14H15OP.C13H13OP/c1-2-16(15,13-9-5-3-6-10-13)14-11-7-4-8-12-14;1-15(14,12-8-4-2-5-9-12)13-10-6-3-7-11-13/h3-12H,2H2,1H3;2-11H,1H3. The van der Waals surface area contributed by atoms with Crippen molar-refractivity contribution in [3.8, 4) is 0 Å². The molecule has 0 radical (unpaired) electrons.